The number of hydrogen-bond donors (Lipinski definition) is 2. The standard InChI is InChI=1S/C25H38ClN7O/c1-32(2)18-11-13-20(14-12-18)33(19-8-6-4-5-7-9-19)25-30-23(27)29-24(31-25)28-17-10-15-22(34-3)21(26)16-17/h10,15-16,18-20H,4-9,11-14H2,1-3H3,(H3,27,28,29,30,31). The van der Waals surface area contributed by atoms with E-state index in [1.54, 1.807) is 13.2 Å². The van der Waals surface area contributed by atoms with Crippen LogP contribution in [0.4, 0.5) is 23.5 Å². The van der Waals surface area contributed by atoms with Crippen molar-refractivity contribution in [3.8, 4) is 5.75 Å². The molecule has 4 rings (SSSR count). The third kappa shape index (κ3) is 6.02. The number of methoxy groups -OCH3 is 1. The van der Waals surface area contributed by atoms with Crippen LogP contribution >= 0.6 is 11.6 Å². The number of hydrogen-bond acceptors (Lipinski definition) is 8. The van der Waals surface area contributed by atoms with Crippen LogP contribution in [0.5, 0.6) is 5.75 Å². The second-order valence-electron chi connectivity index (χ2n) is 9.77. The zero-order chi connectivity index (χ0) is 24.1. The average Bonchev–Trinajstić information content (AvgIpc) is 3.09. The van der Waals surface area contributed by atoms with Gasteiger partial charge in [0.05, 0.1) is 12.1 Å². The Hall–Kier alpha value is -2.32. The largest absolute Gasteiger partial charge is 0.495 e. The Bertz CT molecular complexity index is 941. The average molecular weight is 488 g/mol. The minimum absolute atomic E-state index is 0.229. The SMILES string of the molecule is COc1ccc(Nc2nc(N)nc(N(C3CCCCCC3)C3CCC(N(C)C)CC3)n2)cc1Cl. The quantitative estimate of drug-likeness (QED) is 0.511. The zero-order valence-electron chi connectivity index (χ0n) is 20.6. The van der Waals surface area contributed by atoms with Crippen molar-refractivity contribution < 1.29 is 4.74 Å². The fraction of sp³-hybridized carbons (Fsp3) is 0.640. The van der Waals surface area contributed by atoms with Gasteiger partial charge in [-0.15, -0.1) is 0 Å². The van der Waals surface area contributed by atoms with Gasteiger partial charge in [-0.25, -0.2) is 0 Å². The number of anilines is 4. The first-order chi connectivity index (χ1) is 16.4. The lowest BCUT2D eigenvalue weighted by atomic mass is 9.88. The van der Waals surface area contributed by atoms with E-state index in [1.165, 1.54) is 51.4 Å². The number of benzene rings is 1. The summed E-state index contributed by atoms with van der Waals surface area (Å²) in [4.78, 5) is 18.7. The molecule has 0 atom stereocenters. The van der Waals surface area contributed by atoms with E-state index in [-0.39, 0.29) is 5.95 Å². The third-order valence-electron chi connectivity index (χ3n) is 7.29. The molecule has 0 bridgehead atoms. The van der Waals surface area contributed by atoms with Crippen molar-refractivity contribution in [2.24, 2.45) is 0 Å². The summed E-state index contributed by atoms with van der Waals surface area (Å²) in [7, 11) is 5.97. The monoisotopic (exact) mass is 487 g/mol. The number of ether oxygens (including phenoxy) is 1. The van der Waals surface area contributed by atoms with E-state index in [9.17, 15) is 0 Å². The molecule has 9 heteroatoms. The van der Waals surface area contributed by atoms with Gasteiger partial charge in [-0.2, -0.15) is 15.0 Å². The van der Waals surface area contributed by atoms with E-state index in [2.05, 4.69) is 39.2 Å². The summed E-state index contributed by atoms with van der Waals surface area (Å²) in [5, 5.41) is 3.78. The van der Waals surface area contributed by atoms with Crippen LogP contribution in [0.15, 0.2) is 18.2 Å². The summed E-state index contributed by atoms with van der Waals surface area (Å²) in [6.45, 7) is 0. The molecule has 0 spiro atoms. The van der Waals surface area contributed by atoms with E-state index < -0.39 is 0 Å². The predicted octanol–water partition coefficient (Wildman–Crippen LogP) is 5.26. The summed E-state index contributed by atoms with van der Waals surface area (Å²) >= 11 is 6.31. The Morgan fingerprint density at radius 1 is 0.912 bits per heavy atom. The molecular weight excluding hydrogens is 450 g/mol. The molecule has 0 aliphatic heterocycles. The maximum absolute atomic E-state index is 6.31. The second-order valence-corrected chi connectivity index (χ2v) is 10.2. The molecule has 1 aromatic carbocycles. The van der Waals surface area contributed by atoms with Gasteiger partial charge in [-0.1, -0.05) is 37.3 Å². The molecule has 0 unspecified atom stereocenters. The molecule has 2 saturated carbocycles. The number of nitrogens with zero attached hydrogens (tertiary/aromatic N) is 5. The van der Waals surface area contributed by atoms with Gasteiger partial charge in [0.25, 0.3) is 0 Å². The van der Waals surface area contributed by atoms with Crippen molar-refractivity contribution in [3.63, 3.8) is 0 Å². The summed E-state index contributed by atoms with van der Waals surface area (Å²) in [6.07, 6.45) is 12.1. The molecule has 1 aromatic heterocycles. The fourth-order valence-electron chi connectivity index (χ4n) is 5.44. The number of halogens is 1. The number of nitrogens with two attached hydrogens (primary N) is 1. The Morgan fingerprint density at radius 3 is 2.18 bits per heavy atom. The van der Waals surface area contributed by atoms with Crippen LogP contribution < -0.4 is 20.7 Å². The molecule has 34 heavy (non-hydrogen) atoms. The predicted molar refractivity (Wildman–Crippen MR) is 139 cm³/mol. The molecule has 1 heterocycles. The Kier molecular flexibility index (Phi) is 8.32. The van der Waals surface area contributed by atoms with Gasteiger partial charge in [0.1, 0.15) is 5.75 Å². The van der Waals surface area contributed by atoms with E-state index in [4.69, 9.17) is 27.1 Å². The van der Waals surface area contributed by atoms with Gasteiger partial charge >= 0.3 is 0 Å². The van der Waals surface area contributed by atoms with Gasteiger partial charge in [0.2, 0.25) is 17.8 Å². The van der Waals surface area contributed by atoms with Crippen molar-refractivity contribution in [2.45, 2.75) is 82.3 Å². The maximum atomic E-state index is 6.31. The molecule has 0 saturated heterocycles. The lowest BCUT2D eigenvalue weighted by molar-refractivity contribution is 0.208. The normalized spacial score (nSPS) is 21.8. The van der Waals surface area contributed by atoms with Crippen LogP contribution in [-0.4, -0.2) is 59.2 Å². The van der Waals surface area contributed by atoms with Gasteiger partial charge < -0.3 is 25.6 Å². The molecule has 3 N–H and O–H groups in total. The van der Waals surface area contributed by atoms with Crippen LogP contribution in [0.1, 0.15) is 64.2 Å². The zero-order valence-corrected chi connectivity index (χ0v) is 21.4. The minimum atomic E-state index is 0.229. The first kappa shape index (κ1) is 24.8. The molecule has 0 amide bonds. The minimum Gasteiger partial charge on any atom is -0.495 e. The first-order valence-corrected chi connectivity index (χ1v) is 12.9. The summed E-state index contributed by atoms with van der Waals surface area (Å²) in [5.74, 6) is 1.97. The van der Waals surface area contributed by atoms with Crippen LogP contribution in [0.3, 0.4) is 0 Å². The van der Waals surface area contributed by atoms with E-state index >= 15 is 0 Å². The fourth-order valence-corrected chi connectivity index (χ4v) is 5.70. The van der Waals surface area contributed by atoms with Gasteiger partial charge in [-0.3, -0.25) is 0 Å². The summed E-state index contributed by atoms with van der Waals surface area (Å²) in [5.41, 5.74) is 6.97. The number of nitrogen functional groups attached to an aromatic ring is 1. The molecule has 2 aliphatic rings. The Morgan fingerprint density at radius 2 is 1.56 bits per heavy atom. The smallest absolute Gasteiger partial charge is 0.233 e. The van der Waals surface area contributed by atoms with Crippen molar-refractivity contribution in [2.75, 3.05) is 37.2 Å². The highest BCUT2D eigenvalue weighted by Crippen LogP contribution is 2.34. The van der Waals surface area contributed by atoms with Crippen LogP contribution in [-0.2, 0) is 0 Å². The van der Waals surface area contributed by atoms with Crippen molar-refractivity contribution >= 4 is 35.1 Å². The number of aromatic nitrogens is 3. The van der Waals surface area contributed by atoms with Crippen molar-refractivity contribution in [1.29, 1.82) is 0 Å². The van der Waals surface area contributed by atoms with Crippen molar-refractivity contribution in [1.82, 2.24) is 19.9 Å². The Balaban J connectivity index is 1.61. The number of rotatable bonds is 7. The van der Waals surface area contributed by atoms with Gasteiger partial charge in [-0.05, 0) is 70.8 Å². The van der Waals surface area contributed by atoms with E-state index in [0.29, 0.717) is 40.8 Å². The third-order valence-corrected chi connectivity index (χ3v) is 7.58. The molecule has 2 aliphatic carbocycles. The highest BCUT2D eigenvalue weighted by atomic mass is 35.5. The van der Waals surface area contributed by atoms with Crippen LogP contribution in [0, 0.1) is 0 Å². The summed E-state index contributed by atoms with van der Waals surface area (Å²) < 4.78 is 5.26. The molecule has 2 aromatic rings. The van der Waals surface area contributed by atoms with Gasteiger partial charge in [0.15, 0.2) is 0 Å². The van der Waals surface area contributed by atoms with E-state index in [1.807, 2.05) is 12.1 Å². The highest BCUT2D eigenvalue weighted by Gasteiger charge is 2.33. The van der Waals surface area contributed by atoms with Gasteiger partial charge in [0, 0.05) is 23.8 Å². The lowest BCUT2D eigenvalue weighted by Crippen LogP contribution is -2.48. The molecule has 8 nitrogen and oxygen atoms in total. The molecule has 186 valence electrons. The molecular formula is C25H38ClN7O. The van der Waals surface area contributed by atoms with Crippen LogP contribution in [0.25, 0.3) is 0 Å². The summed E-state index contributed by atoms with van der Waals surface area (Å²) in [6, 6.07) is 7.00. The second kappa shape index (κ2) is 11.4. The Labute approximate surface area is 208 Å². The molecule has 2 fully saturated rings. The first-order valence-electron chi connectivity index (χ1n) is 12.5. The number of nitrogens with one attached hydrogen (secondary N) is 1. The van der Waals surface area contributed by atoms with Crippen molar-refractivity contribution in [3.05, 3.63) is 23.2 Å². The van der Waals surface area contributed by atoms with Crippen LogP contribution in [0.2, 0.25) is 5.02 Å². The van der Waals surface area contributed by atoms with E-state index in [0.717, 1.165) is 18.5 Å². The maximum Gasteiger partial charge on any atom is 0.233 e. The highest BCUT2D eigenvalue weighted by molar-refractivity contribution is 6.32. The lowest BCUT2D eigenvalue weighted by Gasteiger charge is -2.42. The topological polar surface area (TPSA) is 92.4 Å². The molecule has 0 radical (unpaired) electrons.